The maximum absolute atomic E-state index is 11.5. The van der Waals surface area contributed by atoms with Gasteiger partial charge in [0, 0.05) is 18.2 Å². The number of nitrogens with zero attached hydrogens (tertiary/aromatic N) is 3. The van der Waals surface area contributed by atoms with Crippen molar-refractivity contribution in [2.24, 2.45) is 0 Å². The number of benzene rings is 1. The lowest BCUT2D eigenvalue weighted by atomic mass is 10.2. The van der Waals surface area contributed by atoms with E-state index in [1.807, 2.05) is 0 Å². The Morgan fingerprint density at radius 2 is 2.00 bits per heavy atom. The molecule has 0 saturated heterocycles. The summed E-state index contributed by atoms with van der Waals surface area (Å²) in [6.07, 6.45) is 1.34. The van der Waals surface area contributed by atoms with Gasteiger partial charge in [0.05, 0.1) is 17.8 Å². The lowest BCUT2D eigenvalue weighted by Gasteiger charge is -2.04. The van der Waals surface area contributed by atoms with Crippen molar-refractivity contribution in [1.29, 1.82) is 0 Å². The van der Waals surface area contributed by atoms with Gasteiger partial charge in [0.25, 0.3) is 11.2 Å². The predicted molar refractivity (Wildman–Crippen MR) is 65.7 cm³/mol. The number of hydrogen-bond donors (Lipinski definition) is 0. The monoisotopic (exact) mass is 265 g/mol. The van der Waals surface area contributed by atoms with E-state index in [0.717, 1.165) is 5.56 Å². The highest BCUT2D eigenvalue weighted by Gasteiger charge is 2.05. The Labute approximate surface area is 107 Å². The van der Waals surface area contributed by atoms with Crippen LogP contribution < -0.4 is 5.56 Å². The molecule has 1 aromatic carbocycles. The Morgan fingerprint density at radius 1 is 1.33 bits per heavy atom. The predicted octanol–water partition coefficient (Wildman–Crippen LogP) is 1.85. The molecule has 92 valence electrons. The molecule has 0 atom stereocenters. The van der Waals surface area contributed by atoms with E-state index in [0.29, 0.717) is 6.54 Å². The van der Waals surface area contributed by atoms with Crippen LogP contribution in [0.5, 0.6) is 0 Å². The van der Waals surface area contributed by atoms with Gasteiger partial charge in [-0.2, -0.15) is 0 Å². The molecule has 2 rings (SSSR count). The molecule has 0 unspecified atom stereocenters. The second-order valence-electron chi connectivity index (χ2n) is 3.60. The van der Waals surface area contributed by atoms with Gasteiger partial charge in [-0.15, -0.1) is 0 Å². The number of halogens is 1. The molecule has 0 aliphatic rings. The normalized spacial score (nSPS) is 10.3. The van der Waals surface area contributed by atoms with E-state index in [1.165, 1.54) is 29.1 Å². The molecule has 0 fully saturated rings. The molecule has 0 bridgehead atoms. The largest absolute Gasteiger partial charge is 0.295 e. The molecule has 0 radical (unpaired) electrons. The van der Waals surface area contributed by atoms with E-state index in [-0.39, 0.29) is 16.4 Å². The molecule has 0 amide bonds. The van der Waals surface area contributed by atoms with Crippen LogP contribution in [-0.2, 0) is 6.54 Å². The Kier molecular flexibility index (Phi) is 3.38. The summed E-state index contributed by atoms with van der Waals surface area (Å²) in [6.45, 7) is 0.293. The minimum absolute atomic E-state index is 0.0142. The van der Waals surface area contributed by atoms with Crippen molar-refractivity contribution in [1.82, 2.24) is 9.55 Å². The van der Waals surface area contributed by atoms with Crippen LogP contribution >= 0.6 is 11.6 Å². The Morgan fingerprint density at radius 3 is 2.56 bits per heavy atom. The quantitative estimate of drug-likeness (QED) is 0.482. The van der Waals surface area contributed by atoms with Gasteiger partial charge < -0.3 is 0 Å². The van der Waals surface area contributed by atoms with Crippen molar-refractivity contribution in [3.63, 3.8) is 0 Å². The summed E-state index contributed by atoms with van der Waals surface area (Å²) in [5, 5.41) is 10.6. The van der Waals surface area contributed by atoms with Gasteiger partial charge in [0.1, 0.15) is 5.15 Å². The van der Waals surface area contributed by atoms with Crippen LogP contribution in [-0.4, -0.2) is 14.5 Å². The molecule has 6 nitrogen and oxygen atoms in total. The minimum atomic E-state index is -0.472. The first kappa shape index (κ1) is 12.3. The summed E-state index contributed by atoms with van der Waals surface area (Å²) in [7, 11) is 0. The van der Waals surface area contributed by atoms with Gasteiger partial charge in [-0.3, -0.25) is 19.5 Å². The SMILES string of the molecule is O=c1cc(Cl)ncn1Cc1ccc([N+](=O)[O-])cc1. The summed E-state index contributed by atoms with van der Waals surface area (Å²) in [4.78, 5) is 25.4. The lowest BCUT2D eigenvalue weighted by molar-refractivity contribution is -0.384. The Hall–Kier alpha value is -2.21. The number of rotatable bonds is 3. The van der Waals surface area contributed by atoms with Crippen molar-refractivity contribution in [2.45, 2.75) is 6.54 Å². The number of hydrogen-bond acceptors (Lipinski definition) is 4. The first-order chi connectivity index (χ1) is 8.56. The van der Waals surface area contributed by atoms with Gasteiger partial charge in [0.15, 0.2) is 0 Å². The highest BCUT2D eigenvalue weighted by molar-refractivity contribution is 6.29. The van der Waals surface area contributed by atoms with Crippen LogP contribution in [0.2, 0.25) is 5.15 Å². The summed E-state index contributed by atoms with van der Waals surface area (Å²) in [5.74, 6) is 0. The van der Waals surface area contributed by atoms with Gasteiger partial charge >= 0.3 is 0 Å². The standard InChI is InChI=1S/C11H8ClN3O3/c12-10-5-11(16)14(7-13-10)6-8-1-3-9(4-2-8)15(17)18/h1-5,7H,6H2. The summed E-state index contributed by atoms with van der Waals surface area (Å²) >= 11 is 5.58. The van der Waals surface area contributed by atoms with Crippen molar-refractivity contribution >= 4 is 17.3 Å². The second-order valence-corrected chi connectivity index (χ2v) is 3.99. The Bertz CT molecular complexity index is 637. The molecule has 18 heavy (non-hydrogen) atoms. The summed E-state index contributed by atoms with van der Waals surface area (Å²) in [6, 6.07) is 7.19. The molecular weight excluding hydrogens is 258 g/mol. The first-order valence-corrected chi connectivity index (χ1v) is 5.39. The number of nitro groups is 1. The molecule has 1 heterocycles. The second kappa shape index (κ2) is 4.97. The van der Waals surface area contributed by atoms with Gasteiger partial charge in [-0.05, 0) is 5.56 Å². The molecule has 0 aliphatic heterocycles. The molecule has 2 aromatic rings. The van der Waals surface area contributed by atoms with Crippen LogP contribution in [0.25, 0.3) is 0 Å². The average molecular weight is 266 g/mol. The maximum atomic E-state index is 11.5. The fourth-order valence-corrected chi connectivity index (χ4v) is 1.58. The van der Waals surface area contributed by atoms with Crippen LogP contribution in [0, 0.1) is 10.1 Å². The van der Waals surface area contributed by atoms with E-state index in [4.69, 9.17) is 11.6 Å². The van der Waals surface area contributed by atoms with Gasteiger partial charge in [0.2, 0.25) is 0 Å². The van der Waals surface area contributed by atoms with E-state index in [9.17, 15) is 14.9 Å². The minimum Gasteiger partial charge on any atom is -0.295 e. The molecule has 1 aromatic heterocycles. The van der Waals surface area contributed by atoms with Crippen LogP contribution in [0.15, 0.2) is 41.5 Å². The zero-order valence-corrected chi connectivity index (χ0v) is 9.87. The molecule has 0 aliphatic carbocycles. The third-order valence-electron chi connectivity index (χ3n) is 2.35. The topological polar surface area (TPSA) is 78.0 Å². The van der Waals surface area contributed by atoms with Crippen LogP contribution in [0.4, 0.5) is 5.69 Å². The molecule has 7 heteroatoms. The summed E-state index contributed by atoms with van der Waals surface area (Å²) < 4.78 is 1.37. The van der Waals surface area contributed by atoms with Crippen LogP contribution in [0.3, 0.4) is 0 Å². The Balaban J connectivity index is 2.23. The first-order valence-electron chi connectivity index (χ1n) is 5.01. The fraction of sp³-hybridized carbons (Fsp3) is 0.0909. The third-order valence-corrected chi connectivity index (χ3v) is 2.55. The molecular formula is C11H8ClN3O3. The van der Waals surface area contributed by atoms with E-state index >= 15 is 0 Å². The van der Waals surface area contributed by atoms with E-state index in [2.05, 4.69) is 4.98 Å². The number of aromatic nitrogens is 2. The fourth-order valence-electron chi connectivity index (χ4n) is 1.44. The van der Waals surface area contributed by atoms with E-state index < -0.39 is 4.92 Å². The van der Waals surface area contributed by atoms with Crippen molar-refractivity contribution in [3.8, 4) is 0 Å². The molecule has 0 saturated carbocycles. The van der Waals surface area contributed by atoms with Crippen LogP contribution in [0.1, 0.15) is 5.56 Å². The van der Waals surface area contributed by atoms with Crippen molar-refractivity contribution < 1.29 is 4.92 Å². The summed E-state index contributed by atoms with van der Waals surface area (Å²) in [5.41, 5.74) is 0.514. The third kappa shape index (κ3) is 2.72. The number of nitro benzene ring substituents is 1. The zero-order valence-electron chi connectivity index (χ0n) is 9.12. The molecule has 0 spiro atoms. The van der Waals surface area contributed by atoms with Crippen molar-refractivity contribution in [3.05, 3.63) is 67.8 Å². The zero-order chi connectivity index (χ0) is 13.1. The highest BCUT2D eigenvalue weighted by atomic mass is 35.5. The van der Waals surface area contributed by atoms with Crippen molar-refractivity contribution in [2.75, 3.05) is 0 Å². The number of non-ortho nitro benzene ring substituents is 1. The molecule has 0 N–H and O–H groups in total. The maximum Gasteiger partial charge on any atom is 0.269 e. The smallest absolute Gasteiger partial charge is 0.269 e. The lowest BCUT2D eigenvalue weighted by Crippen LogP contribution is -2.19. The van der Waals surface area contributed by atoms with E-state index in [1.54, 1.807) is 12.1 Å². The average Bonchev–Trinajstić information content (AvgIpc) is 2.33. The highest BCUT2D eigenvalue weighted by Crippen LogP contribution is 2.12. The van der Waals surface area contributed by atoms with Gasteiger partial charge in [-0.1, -0.05) is 23.7 Å². The van der Waals surface area contributed by atoms with Gasteiger partial charge in [-0.25, -0.2) is 4.98 Å².